The Morgan fingerprint density at radius 3 is 2.81 bits per heavy atom. The summed E-state index contributed by atoms with van der Waals surface area (Å²) in [4.78, 5) is 1.02. The van der Waals surface area contributed by atoms with Gasteiger partial charge >= 0.3 is 0 Å². The van der Waals surface area contributed by atoms with Crippen LogP contribution in [-0.4, -0.2) is 23.3 Å². The Morgan fingerprint density at radius 1 is 1.56 bits per heavy atom. The third-order valence-corrected chi connectivity index (χ3v) is 3.65. The van der Waals surface area contributed by atoms with E-state index in [2.05, 4.69) is 0 Å². The SMILES string of the molecule is Cc1ccc(C(=N)N)c(SCC(C)CO)c1. The van der Waals surface area contributed by atoms with Crippen LogP contribution in [0, 0.1) is 18.3 Å². The molecule has 0 spiro atoms. The maximum Gasteiger partial charge on any atom is 0.123 e. The van der Waals surface area contributed by atoms with E-state index in [1.54, 1.807) is 11.8 Å². The Balaban J connectivity index is 2.84. The molecule has 4 heteroatoms. The average Bonchev–Trinajstić information content (AvgIpc) is 2.25. The third kappa shape index (κ3) is 3.54. The van der Waals surface area contributed by atoms with E-state index in [0.29, 0.717) is 0 Å². The topological polar surface area (TPSA) is 70.1 Å². The maximum atomic E-state index is 8.97. The van der Waals surface area contributed by atoms with Gasteiger partial charge in [-0.15, -0.1) is 11.8 Å². The van der Waals surface area contributed by atoms with E-state index < -0.39 is 0 Å². The summed E-state index contributed by atoms with van der Waals surface area (Å²) in [6.45, 7) is 4.20. The van der Waals surface area contributed by atoms with Gasteiger partial charge in [-0.1, -0.05) is 13.0 Å². The number of aryl methyl sites for hydroxylation is 1. The second kappa shape index (κ2) is 5.92. The van der Waals surface area contributed by atoms with Crippen molar-refractivity contribution in [3.05, 3.63) is 29.3 Å². The van der Waals surface area contributed by atoms with Crippen LogP contribution in [0.5, 0.6) is 0 Å². The number of nitrogens with two attached hydrogens (primary N) is 1. The zero-order valence-electron chi connectivity index (χ0n) is 9.66. The quantitative estimate of drug-likeness (QED) is 0.417. The molecular weight excluding hydrogens is 220 g/mol. The number of amidine groups is 1. The molecule has 0 aliphatic carbocycles. The van der Waals surface area contributed by atoms with E-state index in [-0.39, 0.29) is 18.4 Å². The number of aliphatic hydroxyl groups is 1. The molecule has 0 saturated heterocycles. The van der Waals surface area contributed by atoms with Crippen molar-refractivity contribution in [2.75, 3.05) is 12.4 Å². The molecule has 1 rings (SSSR count). The van der Waals surface area contributed by atoms with Crippen molar-refractivity contribution in [3.63, 3.8) is 0 Å². The Kier molecular flexibility index (Phi) is 4.83. The molecule has 0 fully saturated rings. The van der Waals surface area contributed by atoms with Gasteiger partial charge in [0, 0.05) is 22.8 Å². The molecule has 16 heavy (non-hydrogen) atoms. The predicted octanol–water partition coefficient (Wildman–Crippen LogP) is 2.00. The van der Waals surface area contributed by atoms with Crippen molar-refractivity contribution < 1.29 is 5.11 Å². The highest BCUT2D eigenvalue weighted by atomic mass is 32.2. The molecule has 1 aromatic carbocycles. The number of rotatable bonds is 5. The van der Waals surface area contributed by atoms with Gasteiger partial charge in [0.2, 0.25) is 0 Å². The van der Waals surface area contributed by atoms with Crippen LogP contribution in [0.3, 0.4) is 0 Å². The molecule has 4 N–H and O–H groups in total. The molecule has 0 radical (unpaired) electrons. The van der Waals surface area contributed by atoms with Crippen molar-refractivity contribution >= 4 is 17.6 Å². The lowest BCUT2D eigenvalue weighted by Crippen LogP contribution is -2.13. The summed E-state index contributed by atoms with van der Waals surface area (Å²) in [5.41, 5.74) is 7.46. The fourth-order valence-electron chi connectivity index (χ4n) is 1.26. The normalized spacial score (nSPS) is 12.4. The van der Waals surface area contributed by atoms with Gasteiger partial charge < -0.3 is 10.8 Å². The Labute approximate surface area is 101 Å². The molecule has 0 aromatic heterocycles. The van der Waals surface area contributed by atoms with Gasteiger partial charge in [-0.05, 0) is 30.5 Å². The molecule has 1 atom stereocenters. The Bertz CT molecular complexity index is 379. The smallest absolute Gasteiger partial charge is 0.123 e. The first kappa shape index (κ1) is 13.1. The van der Waals surface area contributed by atoms with E-state index in [0.717, 1.165) is 21.8 Å². The largest absolute Gasteiger partial charge is 0.396 e. The minimum atomic E-state index is 0.0964. The lowest BCUT2D eigenvalue weighted by molar-refractivity contribution is 0.250. The van der Waals surface area contributed by atoms with Crippen LogP contribution in [0.15, 0.2) is 23.1 Å². The minimum absolute atomic E-state index is 0.0964. The molecule has 88 valence electrons. The van der Waals surface area contributed by atoms with Crippen LogP contribution >= 0.6 is 11.8 Å². The average molecular weight is 238 g/mol. The molecule has 0 aliphatic rings. The fourth-order valence-corrected chi connectivity index (χ4v) is 2.43. The number of benzene rings is 1. The third-order valence-electron chi connectivity index (χ3n) is 2.26. The summed E-state index contributed by atoms with van der Waals surface area (Å²) in [5, 5.41) is 16.5. The molecule has 0 amide bonds. The minimum Gasteiger partial charge on any atom is -0.396 e. The Hall–Kier alpha value is -1.00. The standard InChI is InChI=1S/C12H18N2OS/c1-8-3-4-10(12(13)14)11(5-8)16-7-9(2)6-15/h3-5,9,15H,6-7H2,1-2H3,(H3,13,14). The lowest BCUT2D eigenvalue weighted by Gasteiger charge is -2.11. The zero-order valence-corrected chi connectivity index (χ0v) is 10.5. The number of nitrogen functional groups attached to an aromatic ring is 1. The van der Waals surface area contributed by atoms with Gasteiger partial charge in [0.05, 0.1) is 0 Å². The van der Waals surface area contributed by atoms with E-state index in [9.17, 15) is 0 Å². The van der Waals surface area contributed by atoms with Gasteiger partial charge in [-0.3, -0.25) is 5.41 Å². The zero-order chi connectivity index (χ0) is 12.1. The number of hydrogen-bond acceptors (Lipinski definition) is 3. The molecule has 1 aromatic rings. The van der Waals surface area contributed by atoms with Crippen molar-refractivity contribution in [2.24, 2.45) is 11.7 Å². The predicted molar refractivity (Wildman–Crippen MR) is 69.2 cm³/mol. The molecule has 0 aliphatic heterocycles. The first-order valence-electron chi connectivity index (χ1n) is 5.23. The fraction of sp³-hybridized carbons (Fsp3) is 0.417. The lowest BCUT2D eigenvalue weighted by atomic mass is 10.1. The Morgan fingerprint density at radius 2 is 2.25 bits per heavy atom. The van der Waals surface area contributed by atoms with Crippen LogP contribution in [0.1, 0.15) is 18.1 Å². The van der Waals surface area contributed by atoms with E-state index >= 15 is 0 Å². The van der Waals surface area contributed by atoms with Gasteiger partial charge in [0.25, 0.3) is 0 Å². The van der Waals surface area contributed by atoms with Crippen LogP contribution in [0.25, 0.3) is 0 Å². The highest BCUT2D eigenvalue weighted by molar-refractivity contribution is 7.99. The van der Waals surface area contributed by atoms with Crippen molar-refractivity contribution in [3.8, 4) is 0 Å². The highest BCUT2D eigenvalue weighted by Crippen LogP contribution is 2.25. The van der Waals surface area contributed by atoms with E-state index in [1.165, 1.54) is 0 Å². The summed E-state index contributed by atoms with van der Waals surface area (Å²) in [6.07, 6.45) is 0. The molecule has 3 nitrogen and oxygen atoms in total. The number of aliphatic hydroxyl groups excluding tert-OH is 1. The van der Waals surface area contributed by atoms with Crippen LogP contribution in [0.2, 0.25) is 0 Å². The van der Waals surface area contributed by atoms with Gasteiger partial charge in [-0.25, -0.2) is 0 Å². The van der Waals surface area contributed by atoms with Crippen molar-refractivity contribution in [1.29, 1.82) is 5.41 Å². The maximum absolute atomic E-state index is 8.97. The first-order valence-corrected chi connectivity index (χ1v) is 6.22. The molecule has 1 unspecified atom stereocenters. The van der Waals surface area contributed by atoms with Crippen LogP contribution in [-0.2, 0) is 0 Å². The summed E-state index contributed by atoms with van der Waals surface area (Å²) in [5.74, 6) is 1.18. The number of thioether (sulfide) groups is 1. The summed E-state index contributed by atoms with van der Waals surface area (Å²) in [6, 6.07) is 5.87. The number of hydrogen-bond donors (Lipinski definition) is 3. The summed E-state index contributed by atoms with van der Waals surface area (Å²) < 4.78 is 0. The monoisotopic (exact) mass is 238 g/mol. The van der Waals surface area contributed by atoms with Gasteiger partial charge in [0.15, 0.2) is 0 Å². The molecule has 0 bridgehead atoms. The van der Waals surface area contributed by atoms with Gasteiger partial charge in [-0.2, -0.15) is 0 Å². The molecule has 0 heterocycles. The van der Waals surface area contributed by atoms with Crippen LogP contribution < -0.4 is 5.73 Å². The van der Waals surface area contributed by atoms with Crippen molar-refractivity contribution in [1.82, 2.24) is 0 Å². The second-order valence-corrected chi connectivity index (χ2v) is 5.07. The second-order valence-electron chi connectivity index (χ2n) is 4.01. The summed E-state index contributed by atoms with van der Waals surface area (Å²) >= 11 is 1.64. The van der Waals surface area contributed by atoms with E-state index in [4.69, 9.17) is 16.2 Å². The molecular formula is C12H18N2OS. The molecule has 0 saturated carbocycles. The first-order chi connectivity index (χ1) is 7.54. The number of nitrogens with one attached hydrogen (secondary N) is 1. The van der Waals surface area contributed by atoms with Crippen molar-refractivity contribution in [2.45, 2.75) is 18.7 Å². The highest BCUT2D eigenvalue weighted by Gasteiger charge is 2.08. The summed E-state index contributed by atoms with van der Waals surface area (Å²) in [7, 11) is 0. The van der Waals surface area contributed by atoms with Gasteiger partial charge in [0.1, 0.15) is 5.84 Å². The van der Waals surface area contributed by atoms with Crippen LogP contribution in [0.4, 0.5) is 0 Å². The van der Waals surface area contributed by atoms with E-state index in [1.807, 2.05) is 32.0 Å².